The van der Waals surface area contributed by atoms with Gasteiger partial charge in [-0.25, -0.2) is 0 Å². The number of rotatable bonds is 10. The molecule has 29 heavy (non-hydrogen) atoms. The Kier molecular flexibility index (Phi) is 9.71. The first-order valence-corrected chi connectivity index (χ1v) is 19.9. The maximum atomic E-state index is 11.1. The highest BCUT2D eigenvalue weighted by Crippen LogP contribution is 2.42. The Bertz CT molecular complexity index is 512. The summed E-state index contributed by atoms with van der Waals surface area (Å²) >= 11 is 0. The molecule has 0 radical (unpaired) electrons. The van der Waals surface area contributed by atoms with Crippen LogP contribution in [0.15, 0.2) is 0 Å². The van der Waals surface area contributed by atoms with Gasteiger partial charge >= 0.3 is 0 Å². The molecule has 0 aromatic rings. The summed E-state index contributed by atoms with van der Waals surface area (Å²) in [5.74, 6) is 0. The minimum atomic E-state index is -2.30. The number of aliphatic hydroxyl groups excluding tert-OH is 1. The fourth-order valence-electron chi connectivity index (χ4n) is 2.29. The molecule has 0 aromatic heterocycles. The maximum absolute atomic E-state index is 11.1. The summed E-state index contributed by atoms with van der Waals surface area (Å²) in [6.45, 7) is 30.9. The second-order valence-electron chi connectivity index (χ2n) is 13.0. The van der Waals surface area contributed by atoms with Crippen molar-refractivity contribution in [1.82, 2.24) is 0 Å². The van der Waals surface area contributed by atoms with E-state index < -0.39 is 31.1 Å². The minimum absolute atomic E-state index is 0.0707. The lowest BCUT2D eigenvalue weighted by Gasteiger charge is -2.43. The molecule has 1 unspecified atom stereocenters. The maximum Gasteiger partial charge on any atom is 0.192 e. The van der Waals surface area contributed by atoms with Crippen LogP contribution in [-0.4, -0.2) is 53.7 Å². The van der Waals surface area contributed by atoms with Gasteiger partial charge < -0.3 is 18.8 Å². The van der Waals surface area contributed by atoms with Crippen molar-refractivity contribution >= 4 is 25.0 Å². The molecule has 0 amide bonds. The van der Waals surface area contributed by atoms with Gasteiger partial charge in [0, 0.05) is 0 Å². The van der Waals surface area contributed by atoms with Crippen molar-refractivity contribution in [3.8, 4) is 0 Å². The summed E-state index contributed by atoms with van der Waals surface area (Å²) < 4.78 is 13.1. The normalized spacial score (nSPS) is 17.4. The number of hydrogen-bond donors (Lipinski definition) is 2. The van der Waals surface area contributed by atoms with Crippen molar-refractivity contribution in [3.05, 3.63) is 0 Å². The first kappa shape index (κ1) is 29.5. The lowest BCUT2D eigenvalue weighted by Crippen LogP contribution is -2.51. The predicted molar refractivity (Wildman–Crippen MR) is 134 cm³/mol. The molecule has 4 nitrogen and oxygen atoms in total. The standard InChI is InChI=1S/C22H52O4Si3/c1-20(2,3)28(11,12)25-17-19(26-29(13,14)21(4,5)6)18(23)15-16-22(7,8)27(9,10)24/h18-19,23-24H,15-17H2,1-14H3/t18?,19-/m1/s1. The summed E-state index contributed by atoms with van der Waals surface area (Å²) in [5, 5.41) is 11.2. The molecule has 2 atom stereocenters. The van der Waals surface area contributed by atoms with Gasteiger partial charge in [-0.3, -0.25) is 0 Å². The van der Waals surface area contributed by atoms with E-state index in [9.17, 15) is 9.90 Å². The Hall–Kier alpha value is 0.491. The average Bonchev–Trinajstić information content (AvgIpc) is 2.45. The molecule has 7 heteroatoms. The van der Waals surface area contributed by atoms with Crippen molar-refractivity contribution in [3.63, 3.8) is 0 Å². The molecule has 0 saturated heterocycles. The van der Waals surface area contributed by atoms with Gasteiger partial charge in [-0.2, -0.15) is 0 Å². The second kappa shape index (κ2) is 9.55. The minimum Gasteiger partial charge on any atom is -0.432 e. The van der Waals surface area contributed by atoms with E-state index in [0.29, 0.717) is 13.0 Å². The lowest BCUT2D eigenvalue weighted by atomic mass is 10.0. The molecular formula is C22H52O4Si3. The molecule has 0 saturated carbocycles. The van der Waals surface area contributed by atoms with E-state index in [4.69, 9.17) is 8.85 Å². The van der Waals surface area contributed by atoms with Crippen LogP contribution in [0.3, 0.4) is 0 Å². The van der Waals surface area contributed by atoms with Crippen LogP contribution in [0.1, 0.15) is 68.2 Å². The summed E-state index contributed by atoms with van der Waals surface area (Å²) in [7, 11) is -6.29. The molecule has 0 aliphatic rings. The van der Waals surface area contributed by atoms with Crippen LogP contribution < -0.4 is 0 Å². The number of aliphatic hydroxyl groups is 1. The van der Waals surface area contributed by atoms with Crippen LogP contribution in [-0.2, 0) is 8.85 Å². The summed E-state index contributed by atoms with van der Waals surface area (Å²) in [4.78, 5) is 10.6. The Morgan fingerprint density at radius 3 is 1.52 bits per heavy atom. The van der Waals surface area contributed by atoms with Crippen LogP contribution in [0.5, 0.6) is 0 Å². The Balaban J connectivity index is 5.47. The van der Waals surface area contributed by atoms with Gasteiger partial charge in [-0.05, 0) is 67.2 Å². The molecule has 0 heterocycles. The highest BCUT2D eigenvalue weighted by molar-refractivity contribution is 6.74. The van der Waals surface area contributed by atoms with E-state index in [1.807, 2.05) is 13.1 Å². The fraction of sp³-hybridized carbons (Fsp3) is 1.00. The summed E-state index contributed by atoms with van der Waals surface area (Å²) in [6, 6.07) is 0. The van der Waals surface area contributed by atoms with Crippen molar-refractivity contribution in [2.45, 2.75) is 135 Å². The predicted octanol–water partition coefficient (Wildman–Crippen LogP) is 6.52. The highest BCUT2D eigenvalue weighted by Gasteiger charge is 2.44. The van der Waals surface area contributed by atoms with Gasteiger partial charge in [-0.1, -0.05) is 55.4 Å². The van der Waals surface area contributed by atoms with Crippen LogP contribution in [0.2, 0.25) is 54.4 Å². The second-order valence-corrected chi connectivity index (χ2v) is 27.1. The van der Waals surface area contributed by atoms with Crippen LogP contribution in [0.25, 0.3) is 0 Å². The molecular weight excluding hydrogens is 412 g/mol. The van der Waals surface area contributed by atoms with Gasteiger partial charge in [0.1, 0.15) is 0 Å². The monoisotopic (exact) mass is 464 g/mol. The Morgan fingerprint density at radius 2 is 1.17 bits per heavy atom. The molecule has 2 N–H and O–H groups in total. The zero-order valence-corrected chi connectivity index (χ0v) is 25.0. The van der Waals surface area contributed by atoms with Crippen LogP contribution in [0, 0.1) is 0 Å². The van der Waals surface area contributed by atoms with Gasteiger partial charge in [0.25, 0.3) is 0 Å². The molecule has 0 aliphatic heterocycles. The van der Waals surface area contributed by atoms with E-state index in [0.717, 1.165) is 6.42 Å². The third-order valence-electron chi connectivity index (χ3n) is 7.82. The van der Waals surface area contributed by atoms with Crippen LogP contribution in [0.4, 0.5) is 0 Å². The first-order valence-electron chi connectivity index (χ1n) is 11.2. The van der Waals surface area contributed by atoms with E-state index in [-0.39, 0.29) is 21.2 Å². The SMILES string of the molecule is CC(C)(CCC(O)[C@@H](CO[Si](C)(C)C(C)(C)C)O[Si](C)(C)C(C)(C)C)[Si](C)(C)O. The lowest BCUT2D eigenvalue weighted by molar-refractivity contribution is -0.00891. The fourth-order valence-corrected chi connectivity index (χ4v) is 5.39. The molecule has 0 aliphatic carbocycles. The molecule has 0 rings (SSSR count). The molecule has 0 fully saturated rings. The summed E-state index contributed by atoms with van der Waals surface area (Å²) in [5.41, 5.74) is 0. The van der Waals surface area contributed by atoms with Crippen molar-refractivity contribution < 1.29 is 18.8 Å². The highest BCUT2D eigenvalue weighted by atomic mass is 28.4. The smallest absolute Gasteiger partial charge is 0.192 e. The van der Waals surface area contributed by atoms with Crippen molar-refractivity contribution in [2.75, 3.05) is 6.61 Å². The van der Waals surface area contributed by atoms with Gasteiger partial charge in [0.05, 0.1) is 18.8 Å². The van der Waals surface area contributed by atoms with Crippen molar-refractivity contribution in [1.29, 1.82) is 0 Å². The zero-order valence-electron chi connectivity index (χ0n) is 22.0. The Morgan fingerprint density at radius 1 is 0.759 bits per heavy atom. The molecule has 0 bridgehead atoms. The van der Waals surface area contributed by atoms with Crippen molar-refractivity contribution in [2.24, 2.45) is 0 Å². The van der Waals surface area contributed by atoms with E-state index in [1.165, 1.54) is 0 Å². The third-order valence-corrected chi connectivity index (χ3v) is 20.4. The van der Waals surface area contributed by atoms with Gasteiger partial charge in [0.15, 0.2) is 25.0 Å². The van der Waals surface area contributed by atoms with Gasteiger partial charge in [0.2, 0.25) is 0 Å². The van der Waals surface area contributed by atoms with Gasteiger partial charge in [-0.15, -0.1) is 0 Å². The van der Waals surface area contributed by atoms with E-state index >= 15 is 0 Å². The van der Waals surface area contributed by atoms with Crippen LogP contribution >= 0.6 is 0 Å². The quantitative estimate of drug-likeness (QED) is 0.361. The van der Waals surface area contributed by atoms with E-state index in [1.54, 1.807) is 0 Å². The topological polar surface area (TPSA) is 58.9 Å². The molecule has 0 spiro atoms. The van der Waals surface area contributed by atoms with E-state index in [2.05, 4.69) is 81.6 Å². The molecule has 0 aromatic carbocycles. The summed E-state index contributed by atoms with van der Waals surface area (Å²) in [6.07, 6.45) is 0.472. The molecule has 176 valence electrons. The average molecular weight is 465 g/mol. The first-order chi connectivity index (χ1) is 12.4. The third kappa shape index (κ3) is 8.50. The number of hydrogen-bond acceptors (Lipinski definition) is 4. The largest absolute Gasteiger partial charge is 0.432 e. The zero-order chi connectivity index (χ0) is 23.7. The Labute approximate surface area is 185 Å².